The summed E-state index contributed by atoms with van der Waals surface area (Å²) in [5, 5.41) is 20.9. The van der Waals surface area contributed by atoms with Crippen LogP contribution in [0.25, 0.3) is 5.69 Å². The standard InChI is InChI=1S/C20H20N6O2S/c1-15(19(27)25(14-6-13-21)16-7-4-3-5-8-16)29-20-22-23-24-26(20)17-9-11-18(28-2)12-10-17/h3-5,7-12,15H,6,14H2,1-2H3/t15-/m0/s1. The van der Waals surface area contributed by atoms with Gasteiger partial charge in [0.1, 0.15) is 5.75 Å². The highest BCUT2D eigenvalue weighted by molar-refractivity contribution is 8.00. The predicted octanol–water partition coefficient (Wildman–Crippen LogP) is 3.10. The van der Waals surface area contributed by atoms with Gasteiger partial charge in [-0.3, -0.25) is 4.79 Å². The van der Waals surface area contributed by atoms with Crippen LogP contribution in [0.3, 0.4) is 0 Å². The topological polar surface area (TPSA) is 96.9 Å². The number of aromatic nitrogens is 4. The summed E-state index contributed by atoms with van der Waals surface area (Å²) in [4.78, 5) is 14.7. The Labute approximate surface area is 173 Å². The van der Waals surface area contributed by atoms with Crippen molar-refractivity contribution in [1.82, 2.24) is 20.2 Å². The van der Waals surface area contributed by atoms with Crippen molar-refractivity contribution in [3.8, 4) is 17.5 Å². The molecule has 0 saturated carbocycles. The Morgan fingerprint density at radius 3 is 2.62 bits per heavy atom. The van der Waals surface area contributed by atoms with E-state index in [1.165, 1.54) is 11.8 Å². The molecule has 29 heavy (non-hydrogen) atoms. The van der Waals surface area contributed by atoms with Gasteiger partial charge in [0.15, 0.2) is 0 Å². The van der Waals surface area contributed by atoms with E-state index >= 15 is 0 Å². The van der Waals surface area contributed by atoms with Crippen LogP contribution in [-0.2, 0) is 4.79 Å². The number of hydrogen-bond acceptors (Lipinski definition) is 7. The molecule has 148 valence electrons. The molecule has 0 aliphatic rings. The molecule has 1 atom stereocenters. The highest BCUT2D eigenvalue weighted by atomic mass is 32.2. The zero-order valence-corrected chi connectivity index (χ0v) is 16.9. The number of carbonyl (C=O) groups excluding carboxylic acids is 1. The lowest BCUT2D eigenvalue weighted by molar-refractivity contribution is -0.117. The van der Waals surface area contributed by atoms with E-state index in [4.69, 9.17) is 10.00 Å². The summed E-state index contributed by atoms with van der Waals surface area (Å²) >= 11 is 1.27. The van der Waals surface area contributed by atoms with Gasteiger partial charge in [-0.2, -0.15) is 9.94 Å². The summed E-state index contributed by atoms with van der Waals surface area (Å²) in [6.45, 7) is 2.13. The van der Waals surface area contributed by atoms with Crippen LogP contribution in [0, 0.1) is 11.3 Å². The van der Waals surface area contributed by atoms with E-state index in [1.54, 1.807) is 16.7 Å². The number of hydrogen-bond donors (Lipinski definition) is 0. The number of carbonyl (C=O) groups is 1. The average Bonchev–Trinajstić information content (AvgIpc) is 3.22. The molecule has 8 nitrogen and oxygen atoms in total. The van der Waals surface area contributed by atoms with Crippen molar-refractivity contribution in [3.63, 3.8) is 0 Å². The minimum absolute atomic E-state index is 0.110. The molecule has 0 saturated heterocycles. The summed E-state index contributed by atoms with van der Waals surface area (Å²) < 4.78 is 6.75. The third-order valence-corrected chi connectivity index (χ3v) is 5.19. The van der Waals surface area contributed by atoms with E-state index in [0.29, 0.717) is 11.7 Å². The molecular weight excluding hydrogens is 388 g/mol. The maximum atomic E-state index is 13.1. The van der Waals surface area contributed by atoms with E-state index in [9.17, 15) is 4.79 Å². The van der Waals surface area contributed by atoms with Crippen LogP contribution in [0.2, 0.25) is 0 Å². The third-order valence-electron chi connectivity index (χ3n) is 4.17. The van der Waals surface area contributed by atoms with Gasteiger partial charge in [-0.05, 0) is 53.7 Å². The van der Waals surface area contributed by atoms with Crippen LogP contribution in [0.15, 0.2) is 59.8 Å². The SMILES string of the molecule is COc1ccc(-n2nnnc2S[C@@H](C)C(=O)N(CCC#N)c2ccccc2)cc1. The van der Waals surface area contributed by atoms with Crippen molar-refractivity contribution >= 4 is 23.4 Å². The molecule has 0 unspecified atom stereocenters. The Balaban J connectivity index is 1.78. The number of para-hydroxylation sites is 1. The molecule has 0 spiro atoms. The molecule has 3 aromatic rings. The lowest BCUT2D eigenvalue weighted by Gasteiger charge is -2.24. The summed E-state index contributed by atoms with van der Waals surface area (Å²) in [7, 11) is 1.60. The second-order valence-electron chi connectivity index (χ2n) is 6.06. The number of amides is 1. The molecule has 9 heteroatoms. The molecule has 0 fully saturated rings. The Bertz CT molecular complexity index is 984. The third kappa shape index (κ3) is 4.92. The van der Waals surface area contributed by atoms with Crippen molar-refractivity contribution in [1.29, 1.82) is 5.26 Å². The van der Waals surface area contributed by atoms with E-state index in [2.05, 4.69) is 21.6 Å². The molecule has 0 N–H and O–H groups in total. The van der Waals surface area contributed by atoms with Crippen LogP contribution >= 0.6 is 11.8 Å². The van der Waals surface area contributed by atoms with Crippen molar-refractivity contribution in [2.75, 3.05) is 18.6 Å². The molecule has 0 bridgehead atoms. The van der Waals surface area contributed by atoms with Crippen LogP contribution in [0.1, 0.15) is 13.3 Å². The first-order valence-electron chi connectivity index (χ1n) is 8.97. The molecule has 1 aromatic heterocycles. The number of methoxy groups -OCH3 is 1. The zero-order chi connectivity index (χ0) is 20.6. The van der Waals surface area contributed by atoms with E-state index in [0.717, 1.165) is 17.1 Å². The van der Waals surface area contributed by atoms with Gasteiger partial charge in [0.2, 0.25) is 11.1 Å². The van der Waals surface area contributed by atoms with Gasteiger partial charge in [-0.15, -0.1) is 5.10 Å². The van der Waals surface area contributed by atoms with Gasteiger partial charge in [0, 0.05) is 12.2 Å². The molecule has 0 aliphatic heterocycles. The molecule has 3 rings (SSSR count). The highest BCUT2D eigenvalue weighted by Crippen LogP contribution is 2.26. The Hall–Kier alpha value is -3.38. The highest BCUT2D eigenvalue weighted by Gasteiger charge is 2.25. The number of rotatable bonds is 8. The number of ether oxygens (including phenoxy) is 1. The Morgan fingerprint density at radius 2 is 1.97 bits per heavy atom. The number of nitrogens with zero attached hydrogens (tertiary/aromatic N) is 6. The lowest BCUT2D eigenvalue weighted by Crippen LogP contribution is -2.37. The number of tetrazole rings is 1. The van der Waals surface area contributed by atoms with E-state index in [-0.39, 0.29) is 12.3 Å². The summed E-state index contributed by atoms with van der Waals surface area (Å²) in [6, 6.07) is 18.7. The number of nitriles is 1. The normalized spacial score (nSPS) is 11.5. The number of benzene rings is 2. The second-order valence-corrected chi connectivity index (χ2v) is 7.37. The van der Waals surface area contributed by atoms with Gasteiger partial charge in [0.25, 0.3) is 0 Å². The van der Waals surface area contributed by atoms with Crippen molar-refractivity contribution in [2.24, 2.45) is 0 Å². The van der Waals surface area contributed by atoms with Crippen molar-refractivity contribution < 1.29 is 9.53 Å². The summed E-state index contributed by atoms with van der Waals surface area (Å²) in [5.74, 6) is 0.622. The largest absolute Gasteiger partial charge is 0.497 e. The van der Waals surface area contributed by atoms with Gasteiger partial charge in [-0.1, -0.05) is 30.0 Å². The maximum Gasteiger partial charge on any atom is 0.240 e. The van der Waals surface area contributed by atoms with Gasteiger partial charge in [-0.25, -0.2) is 0 Å². The minimum Gasteiger partial charge on any atom is -0.497 e. The monoisotopic (exact) mass is 408 g/mol. The maximum absolute atomic E-state index is 13.1. The predicted molar refractivity (Wildman–Crippen MR) is 110 cm³/mol. The van der Waals surface area contributed by atoms with Gasteiger partial charge >= 0.3 is 0 Å². The Kier molecular flexibility index (Phi) is 6.81. The minimum atomic E-state index is -0.447. The first-order chi connectivity index (χ1) is 14.1. The lowest BCUT2D eigenvalue weighted by atomic mass is 10.2. The van der Waals surface area contributed by atoms with Gasteiger partial charge < -0.3 is 9.64 Å². The second kappa shape index (κ2) is 9.71. The molecule has 1 amide bonds. The Morgan fingerprint density at radius 1 is 1.24 bits per heavy atom. The van der Waals surface area contributed by atoms with Crippen molar-refractivity contribution in [2.45, 2.75) is 23.8 Å². The summed E-state index contributed by atoms with van der Waals surface area (Å²) in [6.07, 6.45) is 0.252. The van der Waals surface area contributed by atoms with Crippen LogP contribution in [0.4, 0.5) is 5.69 Å². The molecule has 0 aliphatic carbocycles. The van der Waals surface area contributed by atoms with Crippen molar-refractivity contribution in [3.05, 3.63) is 54.6 Å². The van der Waals surface area contributed by atoms with E-state index in [1.807, 2.05) is 61.5 Å². The molecule has 2 aromatic carbocycles. The van der Waals surface area contributed by atoms with Crippen LogP contribution in [0.5, 0.6) is 5.75 Å². The van der Waals surface area contributed by atoms with E-state index < -0.39 is 5.25 Å². The smallest absolute Gasteiger partial charge is 0.240 e. The number of anilines is 1. The molecular formula is C20H20N6O2S. The molecule has 0 radical (unpaired) electrons. The van der Waals surface area contributed by atoms with Crippen LogP contribution in [-0.4, -0.2) is 45.0 Å². The van der Waals surface area contributed by atoms with Gasteiger partial charge in [0.05, 0.1) is 30.5 Å². The fourth-order valence-corrected chi connectivity index (χ4v) is 3.57. The van der Waals surface area contributed by atoms with Crippen LogP contribution < -0.4 is 9.64 Å². The first kappa shape index (κ1) is 20.4. The average molecular weight is 408 g/mol. The quantitative estimate of drug-likeness (QED) is 0.528. The molecule has 1 heterocycles. The fraction of sp³-hybridized carbons (Fsp3) is 0.250. The zero-order valence-electron chi connectivity index (χ0n) is 16.1. The first-order valence-corrected chi connectivity index (χ1v) is 9.85. The number of thioether (sulfide) groups is 1. The summed E-state index contributed by atoms with van der Waals surface area (Å²) in [5.41, 5.74) is 1.53. The fourth-order valence-electron chi connectivity index (χ4n) is 2.70.